The third kappa shape index (κ3) is 6.38. The maximum Gasteiger partial charge on any atom is 0.308 e. The van der Waals surface area contributed by atoms with Gasteiger partial charge in [-0.3, -0.25) is 14.2 Å². The van der Waals surface area contributed by atoms with Crippen LogP contribution in [0.15, 0.2) is 89.1 Å². The number of carbonyl (C=O) groups excluding carboxylic acids is 2. The predicted octanol–water partition coefficient (Wildman–Crippen LogP) is 5.15. The molecule has 10 heteroatoms. The molecule has 0 aliphatic rings. The first kappa shape index (κ1) is 25.2. The van der Waals surface area contributed by atoms with E-state index in [-0.39, 0.29) is 17.6 Å². The number of halogens is 1. The lowest BCUT2D eigenvalue weighted by Crippen LogP contribution is -2.21. The van der Waals surface area contributed by atoms with E-state index in [0.717, 1.165) is 16.8 Å². The van der Waals surface area contributed by atoms with Crippen LogP contribution in [-0.4, -0.2) is 38.1 Å². The van der Waals surface area contributed by atoms with Crippen LogP contribution in [0.2, 0.25) is 5.02 Å². The molecule has 3 aromatic carbocycles. The van der Waals surface area contributed by atoms with Gasteiger partial charge in [-0.1, -0.05) is 53.7 Å². The topological polar surface area (TPSA) is 98.5 Å². The van der Waals surface area contributed by atoms with Crippen molar-refractivity contribution in [2.75, 3.05) is 5.75 Å². The Kier molecular flexibility index (Phi) is 8.14. The second-order valence-electron chi connectivity index (χ2n) is 7.62. The number of carbonyl (C=O) groups is 2. The van der Waals surface area contributed by atoms with Gasteiger partial charge >= 0.3 is 5.97 Å². The lowest BCUT2D eigenvalue weighted by Gasteiger charge is -2.10. The monoisotopic (exact) mass is 519 g/mol. The van der Waals surface area contributed by atoms with E-state index in [2.05, 4.69) is 20.7 Å². The smallest absolute Gasteiger partial charge is 0.308 e. The Morgan fingerprint density at radius 1 is 0.972 bits per heavy atom. The minimum atomic E-state index is -0.388. The molecule has 0 radical (unpaired) electrons. The largest absolute Gasteiger partial charge is 0.427 e. The summed E-state index contributed by atoms with van der Waals surface area (Å²) in [6, 6.07) is 23.9. The zero-order valence-electron chi connectivity index (χ0n) is 19.5. The van der Waals surface area contributed by atoms with Crippen LogP contribution in [0.1, 0.15) is 19.4 Å². The van der Waals surface area contributed by atoms with Crippen LogP contribution in [-0.2, 0) is 9.59 Å². The molecular weight excluding hydrogens is 498 g/mol. The fourth-order valence-electron chi connectivity index (χ4n) is 3.26. The molecule has 4 rings (SSSR count). The molecule has 1 amide bonds. The summed E-state index contributed by atoms with van der Waals surface area (Å²) in [5.74, 6) is 0.511. The second-order valence-corrected chi connectivity index (χ2v) is 9.00. The van der Waals surface area contributed by atoms with Gasteiger partial charge in [-0.2, -0.15) is 5.10 Å². The Labute approximate surface area is 217 Å². The lowest BCUT2D eigenvalue weighted by atomic mass is 10.1. The Balaban J connectivity index is 1.46. The van der Waals surface area contributed by atoms with Crippen molar-refractivity contribution < 1.29 is 14.3 Å². The number of esters is 1. The van der Waals surface area contributed by atoms with Gasteiger partial charge in [-0.15, -0.1) is 10.2 Å². The molecular formula is C26H22ClN5O3S. The van der Waals surface area contributed by atoms with E-state index in [1.165, 1.54) is 18.7 Å². The lowest BCUT2D eigenvalue weighted by molar-refractivity contribution is -0.131. The van der Waals surface area contributed by atoms with E-state index in [4.69, 9.17) is 16.3 Å². The highest BCUT2D eigenvalue weighted by molar-refractivity contribution is 7.99. The summed E-state index contributed by atoms with van der Waals surface area (Å²) in [5.41, 5.74) is 5.70. The molecule has 1 heterocycles. The molecule has 0 atom stereocenters. The quantitative estimate of drug-likeness (QED) is 0.114. The molecule has 0 saturated carbocycles. The molecule has 0 aliphatic carbocycles. The van der Waals surface area contributed by atoms with Gasteiger partial charge in [0.15, 0.2) is 11.0 Å². The summed E-state index contributed by atoms with van der Waals surface area (Å²) in [7, 11) is 0. The highest BCUT2D eigenvalue weighted by Gasteiger charge is 2.17. The first-order chi connectivity index (χ1) is 17.4. The summed E-state index contributed by atoms with van der Waals surface area (Å²) in [4.78, 5) is 23.6. The fourth-order valence-corrected chi connectivity index (χ4v) is 4.13. The molecule has 0 bridgehead atoms. The Hall–Kier alpha value is -3.95. The van der Waals surface area contributed by atoms with E-state index in [9.17, 15) is 9.59 Å². The van der Waals surface area contributed by atoms with Gasteiger partial charge < -0.3 is 4.74 Å². The SMILES string of the molecule is CC(=O)Oc1ccc(/C(C)=N\NC(=O)CSc2nnc(-c3ccccc3)n2-c2ccc(Cl)cc2)cc1. The van der Waals surface area contributed by atoms with E-state index < -0.39 is 0 Å². The van der Waals surface area contributed by atoms with Crippen molar-refractivity contribution in [2.45, 2.75) is 19.0 Å². The number of rotatable bonds is 8. The van der Waals surface area contributed by atoms with Crippen molar-refractivity contribution in [1.29, 1.82) is 0 Å². The molecule has 0 saturated heterocycles. The van der Waals surface area contributed by atoms with Crippen molar-refractivity contribution in [3.8, 4) is 22.8 Å². The Bertz CT molecular complexity index is 1390. The molecule has 182 valence electrons. The van der Waals surface area contributed by atoms with Gasteiger partial charge in [-0.05, 0) is 61.0 Å². The van der Waals surface area contributed by atoms with Crippen molar-refractivity contribution in [3.63, 3.8) is 0 Å². The van der Waals surface area contributed by atoms with E-state index in [0.29, 0.717) is 27.5 Å². The minimum absolute atomic E-state index is 0.0860. The van der Waals surface area contributed by atoms with Crippen LogP contribution >= 0.6 is 23.4 Å². The first-order valence-corrected chi connectivity index (χ1v) is 12.3. The number of hydrazone groups is 1. The first-order valence-electron chi connectivity index (χ1n) is 10.9. The maximum absolute atomic E-state index is 12.5. The van der Waals surface area contributed by atoms with Crippen LogP contribution in [0.3, 0.4) is 0 Å². The van der Waals surface area contributed by atoms with Gasteiger partial charge in [0.05, 0.1) is 11.5 Å². The molecule has 4 aromatic rings. The number of hydrogen-bond acceptors (Lipinski definition) is 7. The number of hydrogen-bond donors (Lipinski definition) is 1. The average Bonchev–Trinajstić information content (AvgIpc) is 3.31. The molecule has 8 nitrogen and oxygen atoms in total. The summed E-state index contributed by atoms with van der Waals surface area (Å²) in [5, 5.41) is 14.1. The Morgan fingerprint density at radius 2 is 1.67 bits per heavy atom. The molecule has 0 aliphatic heterocycles. The van der Waals surface area contributed by atoms with Gasteiger partial charge in [0.25, 0.3) is 5.91 Å². The van der Waals surface area contributed by atoms with Gasteiger partial charge in [0, 0.05) is 23.2 Å². The number of ether oxygens (including phenoxy) is 1. The average molecular weight is 520 g/mol. The molecule has 1 N–H and O–H groups in total. The van der Waals surface area contributed by atoms with Crippen LogP contribution in [0, 0.1) is 0 Å². The second kappa shape index (κ2) is 11.7. The number of nitrogens with zero attached hydrogens (tertiary/aromatic N) is 4. The van der Waals surface area contributed by atoms with Gasteiger partial charge in [-0.25, -0.2) is 5.43 Å². The van der Waals surface area contributed by atoms with Crippen molar-refractivity contribution >= 4 is 41.0 Å². The number of amides is 1. The summed E-state index contributed by atoms with van der Waals surface area (Å²) >= 11 is 7.33. The molecule has 1 aromatic heterocycles. The standard InChI is InChI=1S/C26H22ClN5O3S/c1-17(19-8-14-23(15-9-19)35-18(2)33)28-29-24(34)16-36-26-31-30-25(20-6-4-3-5-7-20)32(26)22-12-10-21(27)11-13-22/h3-15H,16H2,1-2H3,(H,29,34)/b28-17-. The zero-order chi connectivity index (χ0) is 25.5. The summed E-state index contributed by atoms with van der Waals surface area (Å²) < 4.78 is 6.92. The van der Waals surface area contributed by atoms with Crippen LogP contribution in [0.4, 0.5) is 0 Å². The molecule has 0 unspecified atom stereocenters. The molecule has 0 fully saturated rings. The van der Waals surface area contributed by atoms with Crippen molar-refractivity contribution in [3.05, 3.63) is 89.4 Å². The highest BCUT2D eigenvalue weighted by atomic mass is 35.5. The van der Waals surface area contributed by atoms with Gasteiger partial charge in [0.2, 0.25) is 0 Å². The van der Waals surface area contributed by atoms with Crippen molar-refractivity contribution in [1.82, 2.24) is 20.2 Å². The van der Waals surface area contributed by atoms with E-state index in [1.807, 2.05) is 47.0 Å². The molecule has 0 spiro atoms. The zero-order valence-corrected chi connectivity index (χ0v) is 21.1. The Morgan fingerprint density at radius 3 is 2.33 bits per heavy atom. The minimum Gasteiger partial charge on any atom is -0.427 e. The fraction of sp³-hybridized carbons (Fsp3) is 0.115. The summed E-state index contributed by atoms with van der Waals surface area (Å²) in [6.45, 7) is 3.12. The third-order valence-electron chi connectivity index (χ3n) is 4.96. The maximum atomic E-state index is 12.5. The van der Waals surface area contributed by atoms with Crippen LogP contribution in [0.5, 0.6) is 5.75 Å². The molecule has 36 heavy (non-hydrogen) atoms. The number of benzene rings is 3. The van der Waals surface area contributed by atoms with E-state index in [1.54, 1.807) is 43.3 Å². The number of aromatic nitrogens is 3. The predicted molar refractivity (Wildman–Crippen MR) is 141 cm³/mol. The van der Waals surface area contributed by atoms with Crippen LogP contribution < -0.4 is 10.2 Å². The van der Waals surface area contributed by atoms with Gasteiger partial charge in [0.1, 0.15) is 5.75 Å². The normalized spacial score (nSPS) is 11.2. The van der Waals surface area contributed by atoms with Crippen LogP contribution in [0.25, 0.3) is 17.1 Å². The summed E-state index contributed by atoms with van der Waals surface area (Å²) in [6.07, 6.45) is 0. The van der Waals surface area contributed by atoms with Crippen molar-refractivity contribution in [2.24, 2.45) is 5.10 Å². The number of thioether (sulfide) groups is 1. The number of nitrogens with one attached hydrogen (secondary N) is 1. The highest BCUT2D eigenvalue weighted by Crippen LogP contribution is 2.28. The third-order valence-corrected chi connectivity index (χ3v) is 6.15. The van der Waals surface area contributed by atoms with E-state index >= 15 is 0 Å².